The van der Waals surface area contributed by atoms with Gasteiger partial charge in [0.2, 0.25) is 0 Å². The number of hydrogen-bond donors (Lipinski definition) is 0. The molecule has 0 amide bonds. The van der Waals surface area contributed by atoms with Crippen LogP contribution in [-0.2, 0) is 11.2 Å². The van der Waals surface area contributed by atoms with Crippen LogP contribution in [-0.4, -0.2) is 13.4 Å². The minimum atomic E-state index is -2.56. The van der Waals surface area contributed by atoms with Gasteiger partial charge in [0.25, 0.3) is 6.43 Å². The highest BCUT2D eigenvalue weighted by atomic mass is 19.3. The molecular weight excluding hydrogens is 214 g/mol. The molecule has 0 N–H and O–H groups in total. The first-order valence-electron chi connectivity index (χ1n) is 5.00. The number of hydrogen-bond acceptors (Lipinski definition) is 2. The van der Waals surface area contributed by atoms with E-state index in [4.69, 9.17) is 4.74 Å². The molecule has 0 saturated carbocycles. The molecule has 2 nitrogen and oxygen atoms in total. The van der Waals surface area contributed by atoms with E-state index in [1.54, 1.807) is 6.07 Å². The second-order valence-electron chi connectivity index (χ2n) is 3.49. The molecule has 0 saturated heterocycles. The number of carbonyl (C=O) groups is 1. The lowest BCUT2D eigenvalue weighted by molar-refractivity contribution is -0.107. The maximum atomic E-state index is 12.7. The minimum absolute atomic E-state index is 0.117. The van der Waals surface area contributed by atoms with Gasteiger partial charge in [0.15, 0.2) is 0 Å². The third-order valence-corrected chi connectivity index (χ3v) is 2.48. The van der Waals surface area contributed by atoms with Gasteiger partial charge in [0.05, 0.1) is 12.7 Å². The van der Waals surface area contributed by atoms with E-state index in [9.17, 15) is 13.6 Å². The Balaban J connectivity index is 3.20. The molecule has 0 aliphatic heterocycles. The van der Waals surface area contributed by atoms with Gasteiger partial charge in [-0.05, 0) is 30.5 Å². The van der Waals surface area contributed by atoms with Crippen LogP contribution in [0.2, 0.25) is 0 Å². The fourth-order valence-electron chi connectivity index (χ4n) is 1.67. The van der Waals surface area contributed by atoms with Gasteiger partial charge >= 0.3 is 0 Å². The number of methoxy groups -OCH3 is 1. The Kier molecular flexibility index (Phi) is 4.40. The summed E-state index contributed by atoms with van der Waals surface area (Å²) in [6.07, 6.45) is -1.05. The second-order valence-corrected chi connectivity index (χ2v) is 3.49. The van der Waals surface area contributed by atoms with Crippen molar-refractivity contribution >= 4 is 6.29 Å². The Labute approximate surface area is 93.2 Å². The molecule has 0 aromatic heterocycles. The lowest BCUT2D eigenvalue weighted by Gasteiger charge is -2.14. The molecule has 0 bridgehead atoms. The molecule has 0 aliphatic carbocycles. The van der Waals surface area contributed by atoms with Crippen LogP contribution in [0.5, 0.6) is 5.75 Å². The SMILES string of the molecule is COc1c(C(F)F)ccc(C)c1CCC=O. The van der Waals surface area contributed by atoms with Gasteiger partial charge in [-0.1, -0.05) is 6.07 Å². The largest absolute Gasteiger partial charge is 0.496 e. The number of halogens is 2. The third kappa shape index (κ3) is 2.56. The van der Waals surface area contributed by atoms with E-state index in [2.05, 4.69) is 0 Å². The first-order valence-corrected chi connectivity index (χ1v) is 5.00. The van der Waals surface area contributed by atoms with Gasteiger partial charge in [-0.2, -0.15) is 0 Å². The molecule has 88 valence electrons. The van der Waals surface area contributed by atoms with Crippen molar-refractivity contribution in [1.82, 2.24) is 0 Å². The maximum absolute atomic E-state index is 12.7. The van der Waals surface area contributed by atoms with Crippen LogP contribution in [0.25, 0.3) is 0 Å². The summed E-state index contributed by atoms with van der Waals surface area (Å²) in [6, 6.07) is 2.99. The number of aldehydes is 1. The monoisotopic (exact) mass is 228 g/mol. The van der Waals surface area contributed by atoms with Crippen molar-refractivity contribution in [1.29, 1.82) is 0 Å². The van der Waals surface area contributed by atoms with Gasteiger partial charge in [-0.3, -0.25) is 0 Å². The molecule has 0 unspecified atom stereocenters. The van der Waals surface area contributed by atoms with Crippen molar-refractivity contribution < 1.29 is 18.3 Å². The highest BCUT2D eigenvalue weighted by Gasteiger charge is 2.18. The van der Waals surface area contributed by atoms with Crippen molar-refractivity contribution in [3.63, 3.8) is 0 Å². The number of rotatable bonds is 5. The van der Waals surface area contributed by atoms with Crippen LogP contribution in [0.4, 0.5) is 8.78 Å². The molecule has 4 heteroatoms. The summed E-state index contributed by atoms with van der Waals surface area (Å²) in [4.78, 5) is 10.3. The lowest BCUT2D eigenvalue weighted by atomic mass is 9.99. The molecule has 0 heterocycles. The van der Waals surface area contributed by atoms with Crippen LogP contribution in [0.1, 0.15) is 29.5 Å². The summed E-state index contributed by atoms with van der Waals surface area (Å²) in [5.74, 6) is 0.205. The Bertz CT molecular complexity index is 376. The minimum Gasteiger partial charge on any atom is -0.496 e. The quantitative estimate of drug-likeness (QED) is 0.724. The van der Waals surface area contributed by atoms with Gasteiger partial charge in [-0.25, -0.2) is 8.78 Å². The number of aryl methyl sites for hydroxylation is 1. The van der Waals surface area contributed by atoms with Crippen LogP contribution in [0, 0.1) is 6.92 Å². The molecule has 0 fully saturated rings. The molecule has 0 radical (unpaired) electrons. The normalized spacial score (nSPS) is 10.6. The van der Waals surface area contributed by atoms with E-state index < -0.39 is 6.43 Å². The smallest absolute Gasteiger partial charge is 0.267 e. The molecule has 0 spiro atoms. The Morgan fingerprint density at radius 2 is 2.12 bits per heavy atom. The summed E-state index contributed by atoms with van der Waals surface area (Å²) >= 11 is 0. The van der Waals surface area contributed by atoms with Crippen LogP contribution in [0.15, 0.2) is 12.1 Å². The van der Waals surface area contributed by atoms with Crippen LogP contribution in [0.3, 0.4) is 0 Å². The van der Waals surface area contributed by atoms with Crippen molar-refractivity contribution in [2.45, 2.75) is 26.2 Å². The Morgan fingerprint density at radius 1 is 1.44 bits per heavy atom. The molecule has 1 aromatic carbocycles. The predicted octanol–water partition coefficient (Wildman–Crippen LogP) is 3.07. The average molecular weight is 228 g/mol. The van der Waals surface area contributed by atoms with Crippen molar-refractivity contribution in [3.05, 3.63) is 28.8 Å². The van der Waals surface area contributed by atoms with Gasteiger partial charge in [0, 0.05) is 6.42 Å². The first-order chi connectivity index (χ1) is 7.61. The number of carbonyl (C=O) groups excluding carboxylic acids is 1. The number of benzene rings is 1. The molecule has 0 aliphatic rings. The fraction of sp³-hybridized carbons (Fsp3) is 0.417. The standard InChI is InChI=1S/C12H14F2O2/c1-8-5-6-10(12(13)14)11(16-2)9(8)4-3-7-15/h5-7,12H,3-4H2,1-2H3. The zero-order chi connectivity index (χ0) is 12.1. The van der Waals surface area contributed by atoms with Crippen molar-refractivity contribution in [2.75, 3.05) is 7.11 Å². The molecule has 1 rings (SSSR count). The van der Waals surface area contributed by atoms with E-state index in [0.717, 1.165) is 11.8 Å². The molecule has 16 heavy (non-hydrogen) atoms. The maximum Gasteiger partial charge on any atom is 0.267 e. The molecule has 1 aromatic rings. The van der Waals surface area contributed by atoms with Gasteiger partial charge in [-0.15, -0.1) is 0 Å². The number of alkyl halides is 2. The molecular formula is C12H14F2O2. The summed E-state index contributed by atoms with van der Waals surface area (Å²) in [5, 5.41) is 0. The van der Waals surface area contributed by atoms with Crippen LogP contribution < -0.4 is 4.74 Å². The van der Waals surface area contributed by atoms with Gasteiger partial charge in [0.1, 0.15) is 12.0 Å². The summed E-state index contributed by atoms with van der Waals surface area (Å²) in [7, 11) is 1.37. The zero-order valence-electron chi connectivity index (χ0n) is 9.30. The molecule has 0 atom stereocenters. The third-order valence-electron chi connectivity index (χ3n) is 2.48. The van der Waals surface area contributed by atoms with E-state index in [-0.39, 0.29) is 11.3 Å². The topological polar surface area (TPSA) is 26.3 Å². The summed E-state index contributed by atoms with van der Waals surface area (Å²) in [6.45, 7) is 1.82. The predicted molar refractivity (Wildman–Crippen MR) is 57.1 cm³/mol. The first kappa shape index (κ1) is 12.6. The second kappa shape index (κ2) is 5.58. The summed E-state index contributed by atoms with van der Waals surface area (Å²) < 4.78 is 30.4. The highest BCUT2D eigenvalue weighted by Crippen LogP contribution is 2.34. The Hall–Kier alpha value is -1.45. The lowest BCUT2D eigenvalue weighted by Crippen LogP contribution is -2.01. The van der Waals surface area contributed by atoms with E-state index in [1.807, 2.05) is 6.92 Å². The van der Waals surface area contributed by atoms with Crippen LogP contribution >= 0.6 is 0 Å². The van der Waals surface area contributed by atoms with Gasteiger partial charge < -0.3 is 9.53 Å². The fourth-order valence-corrected chi connectivity index (χ4v) is 1.67. The van der Waals surface area contributed by atoms with Crippen molar-refractivity contribution in [3.8, 4) is 5.75 Å². The zero-order valence-corrected chi connectivity index (χ0v) is 9.30. The highest BCUT2D eigenvalue weighted by molar-refractivity contribution is 5.53. The van der Waals surface area contributed by atoms with Crippen molar-refractivity contribution in [2.24, 2.45) is 0 Å². The van der Waals surface area contributed by atoms with E-state index in [1.165, 1.54) is 13.2 Å². The average Bonchev–Trinajstić information content (AvgIpc) is 2.26. The van der Waals surface area contributed by atoms with E-state index in [0.29, 0.717) is 18.4 Å². The Morgan fingerprint density at radius 3 is 2.62 bits per heavy atom. The summed E-state index contributed by atoms with van der Waals surface area (Å²) in [5.41, 5.74) is 1.43. The number of ether oxygens (including phenoxy) is 1. The van der Waals surface area contributed by atoms with E-state index >= 15 is 0 Å².